The third-order valence-corrected chi connectivity index (χ3v) is 2.40. The fraction of sp³-hybridized carbons (Fsp3) is 0.800. The summed E-state index contributed by atoms with van der Waals surface area (Å²) in [5.74, 6) is 1.61. The van der Waals surface area contributed by atoms with E-state index in [1.807, 2.05) is 32.7 Å². The quantitative estimate of drug-likeness (QED) is 0.790. The Balaban J connectivity index is 2.57. The van der Waals surface area contributed by atoms with Crippen LogP contribution in [0.2, 0.25) is 0 Å². The Labute approximate surface area is 90.1 Å². The summed E-state index contributed by atoms with van der Waals surface area (Å²) in [6, 6.07) is 0.0967. The molecule has 0 saturated heterocycles. The summed E-state index contributed by atoms with van der Waals surface area (Å²) in [6.45, 7) is 6.69. The van der Waals surface area contributed by atoms with Crippen LogP contribution in [0, 0.1) is 0 Å². The van der Waals surface area contributed by atoms with Crippen LogP contribution in [-0.2, 0) is 6.54 Å². The normalized spacial score (nSPS) is 13.8. The first kappa shape index (κ1) is 12.1. The van der Waals surface area contributed by atoms with Gasteiger partial charge in [0.05, 0.1) is 13.2 Å². The van der Waals surface area contributed by atoms with E-state index in [4.69, 9.17) is 9.63 Å². The lowest BCUT2D eigenvalue weighted by Gasteiger charge is -2.20. The molecule has 1 rings (SSSR count). The van der Waals surface area contributed by atoms with E-state index in [9.17, 15) is 0 Å². The topological polar surface area (TPSA) is 62.4 Å². The van der Waals surface area contributed by atoms with Gasteiger partial charge in [-0.2, -0.15) is 4.98 Å². The smallest absolute Gasteiger partial charge is 0.240 e. The number of nitrogens with zero attached hydrogens (tertiary/aromatic N) is 3. The highest BCUT2D eigenvalue weighted by Crippen LogP contribution is 2.11. The molecule has 15 heavy (non-hydrogen) atoms. The SMILES string of the molecule is CC(C)c1noc(CN(C)C(C)CO)n1. The Bertz CT molecular complexity index is 299. The molecule has 1 aromatic heterocycles. The molecule has 5 heteroatoms. The second-order valence-corrected chi connectivity index (χ2v) is 4.15. The van der Waals surface area contributed by atoms with Crippen LogP contribution < -0.4 is 0 Å². The van der Waals surface area contributed by atoms with Crippen molar-refractivity contribution in [3.8, 4) is 0 Å². The maximum atomic E-state index is 8.97. The van der Waals surface area contributed by atoms with E-state index in [1.165, 1.54) is 0 Å². The molecular formula is C10H19N3O2. The molecule has 1 unspecified atom stereocenters. The molecule has 0 aliphatic carbocycles. The van der Waals surface area contributed by atoms with Gasteiger partial charge in [0.25, 0.3) is 0 Å². The van der Waals surface area contributed by atoms with E-state index in [0.29, 0.717) is 12.4 Å². The first-order valence-electron chi connectivity index (χ1n) is 5.18. The van der Waals surface area contributed by atoms with Gasteiger partial charge in [0, 0.05) is 12.0 Å². The van der Waals surface area contributed by atoms with Crippen LogP contribution in [0.15, 0.2) is 4.52 Å². The van der Waals surface area contributed by atoms with Crippen molar-refractivity contribution in [3.05, 3.63) is 11.7 Å². The van der Waals surface area contributed by atoms with Crippen LogP contribution in [0.25, 0.3) is 0 Å². The average Bonchev–Trinajstić information content (AvgIpc) is 2.65. The molecule has 5 nitrogen and oxygen atoms in total. The van der Waals surface area contributed by atoms with E-state index < -0.39 is 0 Å². The van der Waals surface area contributed by atoms with Crippen molar-refractivity contribution in [1.29, 1.82) is 0 Å². The Morgan fingerprint density at radius 2 is 2.07 bits per heavy atom. The van der Waals surface area contributed by atoms with Gasteiger partial charge in [0.15, 0.2) is 5.82 Å². The predicted molar refractivity (Wildman–Crippen MR) is 56.4 cm³/mol. The lowest BCUT2D eigenvalue weighted by molar-refractivity contribution is 0.142. The molecule has 0 saturated carbocycles. The molecule has 0 aliphatic rings. The Kier molecular flexibility index (Phi) is 4.23. The standard InChI is InChI=1S/C10H19N3O2/c1-7(2)10-11-9(15-12-10)5-13(4)8(3)6-14/h7-8,14H,5-6H2,1-4H3. The molecule has 0 radical (unpaired) electrons. The Hall–Kier alpha value is -0.940. The number of rotatable bonds is 5. The lowest BCUT2D eigenvalue weighted by Crippen LogP contribution is -2.31. The Morgan fingerprint density at radius 1 is 1.40 bits per heavy atom. The maximum absolute atomic E-state index is 8.97. The number of likely N-dealkylation sites (N-methyl/N-ethyl adjacent to an activating group) is 1. The van der Waals surface area contributed by atoms with Crippen LogP contribution in [0.4, 0.5) is 0 Å². The van der Waals surface area contributed by atoms with Gasteiger partial charge >= 0.3 is 0 Å². The highest BCUT2D eigenvalue weighted by atomic mass is 16.5. The number of aliphatic hydroxyl groups excluding tert-OH is 1. The summed E-state index contributed by atoms with van der Waals surface area (Å²) in [4.78, 5) is 6.24. The molecule has 0 aromatic carbocycles. The predicted octanol–water partition coefficient (Wildman–Crippen LogP) is 1.01. The molecule has 1 atom stereocenters. The lowest BCUT2D eigenvalue weighted by atomic mass is 10.2. The number of aromatic nitrogens is 2. The highest BCUT2D eigenvalue weighted by molar-refractivity contribution is 4.91. The van der Waals surface area contributed by atoms with Gasteiger partial charge in [0.1, 0.15) is 0 Å². The van der Waals surface area contributed by atoms with Gasteiger partial charge in [-0.25, -0.2) is 0 Å². The first-order valence-corrected chi connectivity index (χ1v) is 5.18. The highest BCUT2D eigenvalue weighted by Gasteiger charge is 2.14. The van der Waals surface area contributed by atoms with E-state index in [0.717, 1.165) is 5.82 Å². The monoisotopic (exact) mass is 213 g/mol. The summed E-state index contributed by atoms with van der Waals surface area (Å²) in [5.41, 5.74) is 0. The van der Waals surface area contributed by atoms with Crippen molar-refractivity contribution in [3.63, 3.8) is 0 Å². The second kappa shape index (κ2) is 5.23. The average molecular weight is 213 g/mol. The van der Waals surface area contributed by atoms with Crippen molar-refractivity contribution >= 4 is 0 Å². The number of aliphatic hydroxyl groups is 1. The van der Waals surface area contributed by atoms with Crippen LogP contribution in [0.5, 0.6) is 0 Å². The summed E-state index contributed by atoms with van der Waals surface area (Å²) < 4.78 is 5.11. The van der Waals surface area contributed by atoms with Crippen molar-refractivity contribution in [2.75, 3.05) is 13.7 Å². The maximum Gasteiger partial charge on any atom is 0.240 e. The summed E-state index contributed by atoms with van der Waals surface area (Å²) >= 11 is 0. The molecule has 0 spiro atoms. The summed E-state index contributed by atoms with van der Waals surface area (Å²) in [7, 11) is 1.92. The van der Waals surface area contributed by atoms with E-state index >= 15 is 0 Å². The first-order chi connectivity index (χ1) is 7.04. The van der Waals surface area contributed by atoms with Crippen LogP contribution >= 0.6 is 0 Å². The molecule has 1 heterocycles. The third-order valence-electron chi connectivity index (χ3n) is 2.40. The Morgan fingerprint density at radius 3 is 2.53 bits per heavy atom. The molecule has 1 N–H and O–H groups in total. The van der Waals surface area contributed by atoms with E-state index in [2.05, 4.69) is 10.1 Å². The van der Waals surface area contributed by atoms with Crippen molar-refractivity contribution < 1.29 is 9.63 Å². The van der Waals surface area contributed by atoms with Crippen LogP contribution in [-0.4, -0.2) is 39.8 Å². The van der Waals surface area contributed by atoms with Gasteiger partial charge in [-0.1, -0.05) is 19.0 Å². The van der Waals surface area contributed by atoms with Gasteiger partial charge < -0.3 is 9.63 Å². The minimum absolute atomic E-state index is 0.0967. The van der Waals surface area contributed by atoms with Gasteiger partial charge in [-0.3, -0.25) is 4.90 Å². The second-order valence-electron chi connectivity index (χ2n) is 4.15. The molecule has 0 bridgehead atoms. The van der Waals surface area contributed by atoms with Crippen LogP contribution in [0.1, 0.15) is 38.4 Å². The fourth-order valence-corrected chi connectivity index (χ4v) is 1.08. The third kappa shape index (κ3) is 3.28. The zero-order chi connectivity index (χ0) is 11.4. The number of hydrogen-bond donors (Lipinski definition) is 1. The molecule has 0 amide bonds. The molecule has 1 aromatic rings. The van der Waals surface area contributed by atoms with Gasteiger partial charge in [-0.05, 0) is 14.0 Å². The van der Waals surface area contributed by atoms with Gasteiger partial charge in [-0.15, -0.1) is 0 Å². The van der Waals surface area contributed by atoms with Crippen molar-refractivity contribution in [2.45, 2.75) is 39.3 Å². The van der Waals surface area contributed by atoms with Crippen molar-refractivity contribution in [2.24, 2.45) is 0 Å². The van der Waals surface area contributed by atoms with Gasteiger partial charge in [0.2, 0.25) is 5.89 Å². The van der Waals surface area contributed by atoms with E-state index in [1.54, 1.807) is 0 Å². The van der Waals surface area contributed by atoms with Crippen LogP contribution in [0.3, 0.4) is 0 Å². The minimum atomic E-state index is 0.0967. The summed E-state index contributed by atoms with van der Waals surface area (Å²) in [5, 5.41) is 12.8. The van der Waals surface area contributed by atoms with Crippen molar-refractivity contribution in [1.82, 2.24) is 15.0 Å². The largest absolute Gasteiger partial charge is 0.395 e. The molecule has 0 fully saturated rings. The zero-order valence-corrected chi connectivity index (χ0v) is 9.77. The van der Waals surface area contributed by atoms with E-state index in [-0.39, 0.29) is 18.6 Å². The molecule has 0 aliphatic heterocycles. The minimum Gasteiger partial charge on any atom is -0.395 e. The molecular weight excluding hydrogens is 194 g/mol. The fourth-order valence-electron chi connectivity index (χ4n) is 1.08. The summed E-state index contributed by atoms with van der Waals surface area (Å²) in [6.07, 6.45) is 0. The zero-order valence-electron chi connectivity index (χ0n) is 9.77. The number of hydrogen-bond acceptors (Lipinski definition) is 5. The molecule has 86 valence electrons.